The van der Waals surface area contributed by atoms with Gasteiger partial charge in [0.15, 0.2) is 0 Å². The van der Waals surface area contributed by atoms with Gasteiger partial charge in [-0.25, -0.2) is 9.37 Å². The van der Waals surface area contributed by atoms with Gasteiger partial charge in [-0.1, -0.05) is 12.1 Å². The van der Waals surface area contributed by atoms with Crippen LogP contribution in [0, 0.1) is 5.82 Å². The first-order valence-corrected chi connectivity index (χ1v) is 4.44. The van der Waals surface area contributed by atoms with E-state index in [0.717, 1.165) is 11.1 Å². The summed E-state index contributed by atoms with van der Waals surface area (Å²) in [5.74, 6) is -0.00181. The Hall–Kier alpha value is -2.10. The van der Waals surface area contributed by atoms with Crippen molar-refractivity contribution in [2.24, 2.45) is 0 Å². The van der Waals surface area contributed by atoms with Crippen LogP contribution in [0.5, 0.6) is 0 Å². The summed E-state index contributed by atoms with van der Waals surface area (Å²) in [5.41, 5.74) is 13.0. The first-order valence-electron chi connectivity index (χ1n) is 4.44. The second-order valence-electron chi connectivity index (χ2n) is 3.21. The first kappa shape index (κ1) is 9.45. The van der Waals surface area contributed by atoms with Gasteiger partial charge >= 0.3 is 0 Å². The lowest BCUT2D eigenvalue weighted by molar-refractivity contribution is 0.628. The molecule has 2 aromatic rings. The lowest BCUT2D eigenvalue weighted by Crippen LogP contribution is -1.97. The fourth-order valence-electron chi connectivity index (χ4n) is 1.32. The highest BCUT2D eigenvalue weighted by molar-refractivity contribution is 5.71. The van der Waals surface area contributed by atoms with Crippen LogP contribution in [0.15, 0.2) is 36.5 Å². The van der Waals surface area contributed by atoms with Gasteiger partial charge in [0.05, 0.1) is 5.69 Å². The molecule has 0 saturated carbocycles. The number of rotatable bonds is 1. The van der Waals surface area contributed by atoms with Crippen LogP contribution in [-0.2, 0) is 0 Å². The summed E-state index contributed by atoms with van der Waals surface area (Å²) in [4.78, 5) is 3.92. The Balaban J connectivity index is 0.00000128. The summed E-state index contributed by atoms with van der Waals surface area (Å²) in [5, 5.41) is 0. The smallest absolute Gasteiger partial charge is 0.146 e. The second-order valence-corrected chi connectivity index (χ2v) is 3.21. The zero-order chi connectivity index (χ0) is 10.8. The lowest BCUT2D eigenvalue weighted by Gasteiger charge is -2.04. The molecule has 0 unspecified atom stereocenters. The molecule has 80 valence electrons. The third-order valence-electron chi connectivity index (χ3n) is 2.11. The molecular formula is C11H14FN3. The fraction of sp³-hybridized carbons (Fsp3) is 0. The van der Waals surface area contributed by atoms with Crippen molar-refractivity contribution in [1.82, 2.24) is 4.98 Å². The molecule has 0 aliphatic carbocycles. The van der Waals surface area contributed by atoms with Gasteiger partial charge in [-0.05, 0) is 23.8 Å². The molecule has 0 aliphatic rings. The van der Waals surface area contributed by atoms with Gasteiger partial charge in [0.1, 0.15) is 11.6 Å². The number of halogens is 1. The maximum Gasteiger partial charge on any atom is 0.146 e. The quantitative estimate of drug-likeness (QED) is 0.755. The number of hydrogen-bond donors (Lipinski definition) is 2. The number of nitrogen functional groups attached to an aromatic ring is 2. The number of benzene rings is 1. The van der Waals surface area contributed by atoms with Crippen LogP contribution in [0.4, 0.5) is 15.9 Å². The molecule has 3 nitrogen and oxygen atoms in total. The van der Waals surface area contributed by atoms with E-state index in [4.69, 9.17) is 11.5 Å². The predicted octanol–water partition coefficient (Wildman–Crippen LogP) is 2.54. The van der Waals surface area contributed by atoms with E-state index in [1.807, 2.05) is 0 Å². The number of nitrogens with two attached hydrogens (primary N) is 2. The summed E-state index contributed by atoms with van der Waals surface area (Å²) in [6.07, 6.45) is 1.57. The molecule has 0 radical (unpaired) electrons. The molecule has 1 heterocycles. The molecule has 0 spiro atoms. The minimum atomic E-state index is -0.289. The van der Waals surface area contributed by atoms with Gasteiger partial charge in [0.25, 0.3) is 0 Å². The maximum atomic E-state index is 13.0. The summed E-state index contributed by atoms with van der Waals surface area (Å²) in [6, 6.07) is 7.91. The summed E-state index contributed by atoms with van der Waals surface area (Å²) in [6.45, 7) is 0. The Morgan fingerprint density at radius 1 is 1.13 bits per heavy atom. The third-order valence-corrected chi connectivity index (χ3v) is 2.11. The highest BCUT2D eigenvalue weighted by Gasteiger charge is 2.02. The average Bonchev–Trinajstić information content (AvgIpc) is 2.22. The molecular weight excluding hydrogens is 193 g/mol. The van der Waals surface area contributed by atoms with Crippen LogP contribution in [0.2, 0.25) is 0 Å². The van der Waals surface area contributed by atoms with Crippen molar-refractivity contribution in [2.75, 3.05) is 11.5 Å². The van der Waals surface area contributed by atoms with Crippen molar-refractivity contribution >= 4 is 11.5 Å². The number of aromatic nitrogens is 1. The van der Waals surface area contributed by atoms with Crippen LogP contribution >= 0.6 is 0 Å². The fourth-order valence-corrected chi connectivity index (χ4v) is 1.32. The Bertz CT molecular complexity index is 506. The first-order chi connectivity index (χ1) is 7.16. The largest absolute Gasteiger partial charge is 0.396 e. The SMILES string of the molecule is Nc1cc(-c2cccc(F)c2)cnc1N.[HH].[HH]. The van der Waals surface area contributed by atoms with Crippen LogP contribution in [0.3, 0.4) is 0 Å². The summed E-state index contributed by atoms with van der Waals surface area (Å²) < 4.78 is 13.0. The molecule has 1 aromatic carbocycles. The maximum absolute atomic E-state index is 13.0. The molecule has 15 heavy (non-hydrogen) atoms. The zero-order valence-corrected chi connectivity index (χ0v) is 7.94. The van der Waals surface area contributed by atoms with E-state index in [9.17, 15) is 4.39 Å². The summed E-state index contributed by atoms with van der Waals surface area (Å²) in [7, 11) is 0. The molecule has 0 atom stereocenters. The van der Waals surface area contributed by atoms with Crippen molar-refractivity contribution in [3.8, 4) is 11.1 Å². The van der Waals surface area contributed by atoms with Crippen LogP contribution in [-0.4, -0.2) is 4.98 Å². The van der Waals surface area contributed by atoms with E-state index in [0.29, 0.717) is 5.69 Å². The second kappa shape index (κ2) is 3.57. The summed E-state index contributed by atoms with van der Waals surface area (Å²) >= 11 is 0. The highest BCUT2D eigenvalue weighted by atomic mass is 19.1. The molecule has 0 amide bonds. The predicted molar refractivity (Wildman–Crippen MR) is 62.7 cm³/mol. The number of nitrogens with zero attached hydrogens (tertiary/aromatic N) is 1. The normalized spacial score (nSPS) is 10.2. The Labute approximate surface area is 89.5 Å². The molecule has 0 aliphatic heterocycles. The van der Waals surface area contributed by atoms with E-state index < -0.39 is 0 Å². The number of hydrogen-bond acceptors (Lipinski definition) is 3. The van der Waals surface area contributed by atoms with Crippen molar-refractivity contribution in [3.63, 3.8) is 0 Å². The van der Waals surface area contributed by atoms with Gasteiger partial charge < -0.3 is 11.5 Å². The number of pyridine rings is 1. The van der Waals surface area contributed by atoms with Crippen LogP contribution < -0.4 is 11.5 Å². The van der Waals surface area contributed by atoms with Crippen LogP contribution in [0.1, 0.15) is 2.85 Å². The monoisotopic (exact) mass is 207 g/mol. The molecule has 0 saturated heterocycles. The van der Waals surface area contributed by atoms with Gasteiger partial charge in [-0.15, -0.1) is 0 Å². The Morgan fingerprint density at radius 3 is 2.60 bits per heavy atom. The Kier molecular flexibility index (Phi) is 2.25. The topological polar surface area (TPSA) is 64.9 Å². The minimum absolute atomic E-state index is 0. The van der Waals surface area contributed by atoms with Crippen molar-refractivity contribution < 1.29 is 7.24 Å². The lowest BCUT2D eigenvalue weighted by atomic mass is 10.1. The molecule has 1 aromatic heterocycles. The minimum Gasteiger partial charge on any atom is -0.396 e. The number of anilines is 2. The van der Waals surface area contributed by atoms with Gasteiger partial charge in [-0.3, -0.25) is 0 Å². The van der Waals surface area contributed by atoms with Gasteiger partial charge in [0.2, 0.25) is 0 Å². The van der Waals surface area contributed by atoms with Crippen molar-refractivity contribution in [3.05, 3.63) is 42.3 Å². The average molecular weight is 207 g/mol. The van der Waals surface area contributed by atoms with Gasteiger partial charge in [-0.2, -0.15) is 0 Å². The molecule has 0 fully saturated rings. The standard InChI is InChI=1S/C11H10FN3.2H2/c12-9-3-1-2-7(4-9)8-5-10(13)11(14)15-6-8;;/h1-6H,13H2,(H2,14,15);2*1H. The Morgan fingerprint density at radius 2 is 1.93 bits per heavy atom. The van der Waals surface area contributed by atoms with Crippen molar-refractivity contribution in [1.29, 1.82) is 0 Å². The molecule has 4 heteroatoms. The molecule has 0 bridgehead atoms. The van der Waals surface area contributed by atoms with E-state index in [2.05, 4.69) is 4.98 Å². The molecule has 2 rings (SSSR count). The van der Waals surface area contributed by atoms with Crippen molar-refractivity contribution in [2.45, 2.75) is 0 Å². The van der Waals surface area contributed by atoms with E-state index in [1.165, 1.54) is 12.1 Å². The van der Waals surface area contributed by atoms with Crippen LogP contribution in [0.25, 0.3) is 11.1 Å². The molecule has 4 N–H and O–H groups in total. The van der Waals surface area contributed by atoms with E-state index >= 15 is 0 Å². The zero-order valence-electron chi connectivity index (χ0n) is 7.94. The van der Waals surface area contributed by atoms with E-state index in [-0.39, 0.29) is 14.5 Å². The highest BCUT2D eigenvalue weighted by Crippen LogP contribution is 2.23. The van der Waals surface area contributed by atoms with Gasteiger partial charge in [0, 0.05) is 14.6 Å². The third kappa shape index (κ3) is 1.88. The van der Waals surface area contributed by atoms with E-state index in [1.54, 1.807) is 24.4 Å².